The molecule has 0 radical (unpaired) electrons. The minimum atomic E-state index is 0.00815. The number of rotatable bonds is 4. The Morgan fingerprint density at radius 1 is 0.467 bits per heavy atom. The van der Waals surface area contributed by atoms with Crippen molar-refractivity contribution in [3.05, 3.63) is 163 Å². The van der Waals surface area contributed by atoms with Gasteiger partial charge in [-0.25, -0.2) is 0 Å². The van der Waals surface area contributed by atoms with Crippen LogP contribution in [0.1, 0.15) is 25.0 Å². The fourth-order valence-corrected chi connectivity index (χ4v) is 7.39. The van der Waals surface area contributed by atoms with E-state index in [4.69, 9.17) is 4.42 Å². The smallest absolute Gasteiger partial charge is 0.137 e. The number of nitrogens with zero attached hydrogens (tertiary/aromatic N) is 1. The van der Waals surface area contributed by atoms with Gasteiger partial charge in [0.2, 0.25) is 0 Å². The SMILES string of the molecule is CC1(C)c2ccccc2-c2cc(-c3ccc(N(c4ccc5c(c4)oc4ccccc45)c4cccc5ccccc45)cc3)ccc21. The molecule has 0 saturated carbocycles. The molecule has 7 aromatic carbocycles. The van der Waals surface area contributed by atoms with Crippen molar-refractivity contribution >= 4 is 49.8 Å². The summed E-state index contributed by atoms with van der Waals surface area (Å²) in [6.07, 6.45) is 0. The molecule has 0 saturated heterocycles. The highest BCUT2D eigenvalue weighted by Crippen LogP contribution is 2.49. The van der Waals surface area contributed by atoms with Crippen molar-refractivity contribution in [3.8, 4) is 22.3 Å². The van der Waals surface area contributed by atoms with Crippen LogP contribution in [-0.2, 0) is 5.41 Å². The van der Waals surface area contributed by atoms with E-state index in [-0.39, 0.29) is 5.41 Å². The standard InChI is InChI=1S/C43H31NO/c1-43(2)38-15-7-5-13-34(38)37-26-30(20-25-39(37)43)28-18-21-31(22-19-28)44(40-16-9-11-29-10-3-4-12-33(29)40)32-23-24-36-35-14-6-8-17-41(35)45-42(36)27-32/h3-27H,1-2H3. The third kappa shape index (κ3) is 3.96. The minimum Gasteiger partial charge on any atom is -0.456 e. The molecular formula is C43H31NO. The molecule has 0 atom stereocenters. The number of anilines is 3. The maximum absolute atomic E-state index is 6.33. The lowest BCUT2D eigenvalue weighted by Crippen LogP contribution is -2.14. The van der Waals surface area contributed by atoms with Crippen LogP contribution in [0.25, 0.3) is 55.0 Å². The Morgan fingerprint density at radius 3 is 2.02 bits per heavy atom. The summed E-state index contributed by atoms with van der Waals surface area (Å²) in [5.74, 6) is 0. The fraction of sp³-hybridized carbons (Fsp3) is 0.0698. The lowest BCUT2D eigenvalue weighted by atomic mass is 9.82. The zero-order valence-electron chi connectivity index (χ0n) is 25.3. The number of fused-ring (bicyclic) bond motifs is 7. The Hall–Kier alpha value is -5.60. The van der Waals surface area contributed by atoms with E-state index in [9.17, 15) is 0 Å². The molecule has 0 fully saturated rings. The predicted octanol–water partition coefficient (Wildman–Crippen LogP) is 12.2. The van der Waals surface area contributed by atoms with Gasteiger partial charge in [-0.15, -0.1) is 0 Å². The molecule has 0 aliphatic heterocycles. The summed E-state index contributed by atoms with van der Waals surface area (Å²) in [7, 11) is 0. The molecule has 1 heterocycles. The molecule has 214 valence electrons. The minimum absolute atomic E-state index is 0.00815. The molecule has 2 heteroatoms. The number of benzene rings is 7. The Balaban J connectivity index is 1.18. The summed E-state index contributed by atoms with van der Waals surface area (Å²) in [5, 5.41) is 4.68. The van der Waals surface area contributed by atoms with E-state index < -0.39 is 0 Å². The van der Waals surface area contributed by atoms with E-state index in [0.717, 1.165) is 39.0 Å². The third-order valence-electron chi connectivity index (χ3n) is 9.67. The van der Waals surface area contributed by atoms with Crippen LogP contribution in [-0.4, -0.2) is 0 Å². The molecule has 1 aromatic heterocycles. The van der Waals surface area contributed by atoms with Crippen LogP contribution in [0.2, 0.25) is 0 Å². The Bertz CT molecular complexity index is 2410. The highest BCUT2D eigenvalue weighted by Gasteiger charge is 2.35. The third-order valence-corrected chi connectivity index (χ3v) is 9.67. The van der Waals surface area contributed by atoms with E-state index in [2.05, 4.69) is 158 Å². The van der Waals surface area contributed by atoms with Crippen LogP contribution < -0.4 is 4.90 Å². The first-order chi connectivity index (χ1) is 22.1. The maximum atomic E-state index is 6.33. The van der Waals surface area contributed by atoms with Crippen LogP contribution in [0.4, 0.5) is 17.1 Å². The van der Waals surface area contributed by atoms with E-state index in [1.54, 1.807) is 0 Å². The number of furan rings is 1. The van der Waals surface area contributed by atoms with Gasteiger partial charge >= 0.3 is 0 Å². The van der Waals surface area contributed by atoms with E-state index >= 15 is 0 Å². The predicted molar refractivity (Wildman–Crippen MR) is 189 cm³/mol. The second-order valence-corrected chi connectivity index (χ2v) is 12.6. The second-order valence-electron chi connectivity index (χ2n) is 12.6. The van der Waals surface area contributed by atoms with Gasteiger partial charge in [-0.3, -0.25) is 0 Å². The summed E-state index contributed by atoms with van der Waals surface area (Å²) in [6, 6.07) is 54.7. The summed E-state index contributed by atoms with van der Waals surface area (Å²) >= 11 is 0. The topological polar surface area (TPSA) is 16.4 Å². The molecule has 0 spiro atoms. The van der Waals surface area contributed by atoms with Gasteiger partial charge in [0.1, 0.15) is 11.2 Å². The van der Waals surface area contributed by atoms with Gasteiger partial charge in [-0.2, -0.15) is 0 Å². The molecule has 8 aromatic rings. The molecule has 0 N–H and O–H groups in total. The summed E-state index contributed by atoms with van der Waals surface area (Å²) in [6.45, 7) is 4.66. The van der Waals surface area contributed by atoms with E-state index in [1.807, 2.05) is 12.1 Å². The normalized spacial score (nSPS) is 13.3. The van der Waals surface area contributed by atoms with Gasteiger partial charge in [-0.05, 0) is 81.2 Å². The first kappa shape index (κ1) is 25.9. The van der Waals surface area contributed by atoms with Crippen molar-refractivity contribution in [1.29, 1.82) is 0 Å². The largest absolute Gasteiger partial charge is 0.456 e. The molecule has 0 amide bonds. The van der Waals surface area contributed by atoms with Crippen LogP contribution in [0.15, 0.2) is 156 Å². The molecule has 1 aliphatic carbocycles. The van der Waals surface area contributed by atoms with Gasteiger partial charge in [0.25, 0.3) is 0 Å². The first-order valence-electron chi connectivity index (χ1n) is 15.6. The van der Waals surface area contributed by atoms with E-state index in [0.29, 0.717) is 0 Å². The summed E-state index contributed by atoms with van der Waals surface area (Å²) in [5.41, 5.74) is 13.0. The van der Waals surface area contributed by atoms with Crippen molar-refractivity contribution in [3.63, 3.8) is 0 Å². The number of para-hydroxylation sites is 1. The maximum Gasteiger partial charge on any atom is 0.137 e. The first-order valence-corrected chi connectivity index (χ1v) is 15.6. The molecule has 0 bridgehead atoms. The average Bonchev–Trinajstić information content (AvgIpc) is 3.57. The van der Waals surface area contributed by atoms with Crippen molar-refractivity contribution in [2.45, 2.75) is 19.3 Å². The van der Waals surface area contributed by atoms with Crippen molar-refractivity contribution in [2.24, 2.45) is 0 Å². The molecule has 45 heavy (non-hydrogen) atoms. The van der Waals surface area contributed by atoms with Crippen LogP contribution >= 0.6 is 0 Å². The van der Waals surface area contributed by atoms with Crippen molar-refractivity contribution in [1.82, 2.24) is 0 Å². The molecule has 2 nitrogen and oxygen atoms in total. The number of hydrogen-bond acceptors (Lipinski definition) is 2. The summed E-state index contributed by atoms with van der Waals surface area (Å²) < 4.78 is 6.33. The van der Waals surface area contributed by atoms with Gasteiger partial charge < -0.3 is 9.32 Å². The average molecular weight is 578 g/mol. The lowest BCUT2D eigenvalue weighted by Gasteiger charge is -2.27. The van der Waals surface area contributed by atoms with Crippen LogP contribution in [0.5, 0.6) is 0 Å². The Morgan fingerprint density at radius 2 is 1.13 bits per heavy atom. The van der Waals surface area contributed by atoms with Gasteiger partial charge in [-0.1, -0.05) is 117 Å². The van der Waals surface area contributed by atoms with Gasteiger partial charge in [0, 0.05) is 39.0 Å². The molecule has 0 unspecified atom stereocenters. The Kier molecular flexibility index (Phi) is 5.58. The van der Waals surface area contributed by atoms with Crippen molar-refractivity contribution in [2.75, 3.05) is 4.90 Å². The summed E-state index contributed by atoms with van der Waals surface area (Å²) in [4.78, 5) is 2.35. The van der Waals surface area contributed by atoms with Gasteiger partial charge in [0.05, 0.1) is 5.69 Å². The van der Waals surface area contributed by atoms with Gasteiger partial charge in [0.15, 0.2) is 0 Å². The van der Waals surface area contributed by atoms with Crippen molar-refractivity contribution < 1.29 is 4.42 Å². The monoisotopic (exact) mass is 577 g/mol. The highest BCUT2D eigenvalue weighted by atomic mass is 16.3. The highest BCUT2D eigenvalue weighted by molar-refractivity contribution is 6.07. The zero-order chi connectivity index (χ0) is 30.1. The fourth-order valence-electron chi connectivity index (χ4n) is 7.39. The van der Waals surface area contributed by atoms with Crippen LogP contribution in [0.3, 0.4) is 0 Å². The second kappa shape index (κ2) is 9.70. The molecule has 9 rings (SSSR count). The lowest BCUT2D eigenvalue weighted by molar-refractivity contribution is 0.660. The molecular weight excluding hydrogens is 546 g/mol. The molecule has 1 aliphatic rings. The number of hydrogen-bond donors (Lipinski definition) is 0. The zero-order valence-corrected chi connectivity index (χ0v) is 25.3. The Labute approximate surface area is 262 Å². The van der Waals surface area contributed by atoms with Crippen LogP contribution in [0, 0.1) is 0 Å². The van der Waals surface area contributed by atoms with E-state index in [1.165, 1.54) is 44.2 Å². The quantitative estimate of drug-likeness (QED) is 0.207.